The number of phenols is 1. The average Bonchev–Trinajstić information content (AvgIpc) is 2.41. The van der Waals surface area contributed by atoms with Crippen LogP contribution in [0.2, 0.25) is 0 Å². The van der Waals surface area contributed by atoms with Gasteiger partial charge < -0.3 is 10.2 Å². The van der Waals surface area contributed by atoms with Gasteiger partial charge in [-0.1, -0.05) is 70.4 Å². The molecule has 20 heavy (non-hydrogen) atoms. The summed E-state index contributed by atoms with van der Waals surface area (Å²) in [4.78, 5) is 0. The van der Waals surface area contributed by atoms with E-state index in [-0.39, 0.29) is 5.75 Å². The Morgan fingerprint density at radius 2 is 1.55 bits per heavy atom. The Bertz CT molecular complexity index is 374. The first-order valence-corrected chi connectivity index (χ1v) is 8.12. The minimum atomic E-state index is -0.532. The van der Waals surface area contributed by atoms with E-state index in [2.05, 4.69) is 6.92 Å². The SMILES string of the molecule is CCCCCCCCCC[C@@H](O)c1ccc(C)cc1O. The Morgan fingerprint density at radius 1 is 0.950 bits per heavy atom. The highest BCUT2D eigenvalue weighted by molar-refractivity contribution is 5.37. The summed E-state index contributed by atoms with van der Waals surface area (Å²) in [5.41, 5.74) is 1.68. The van der Waals surface area contributed by atoms with Crippen molar-refractivity contribution in [3.8, 4) is 5.75 Å². The summed E-state index contributed by atoms with van der Waals surface area (Å²) in [6.45, 7) is 4.18. The summed E-state index contributed by atoms with van der Waals surface area (Å²) < 4.78 is 0. The van der Waals surface area contributed by atoms with E-state index in [4.69, 9.17) is 0 Å². The van der Waals surface area contributed by atoms with Crippen molar-refractivity contribution in [3.63, 3.8) is 0 Å². The van der Waals surface area contributed by atoms with Crippen molar-refractivity contribution in [2.24, 2.45) is 0 Å². The summed E-state index contributed by atoms with van der Waals surface area (Å²) in [5, 5.41) is 19.9. The summed E-state index contributed by atoms with van der Waals surface area (Å²) >= 11 is 0. The molecule has 1 aromatic carbocycles. The monoisotopic (exact) mass is 278 g/mol. The van der Waals surface area contributed by atoms with E-state index in [9.17, 15) is 10.2 Å². The van der Waals surface area contributed by atoms with Gasteiger partial charge in [-0.05, 0) is 25.0 Å². The van der Waals surface area contributed by atoms with Gasteiger partial charge in [-0.2, -0.15) is 0 Å². The van der Waals surface area contributed by atoms with Crippen molar-refractivity contribution < 1.29 is 10.2 Å². The highest BCUT2D eigenvalue weighted by Crippen LogP contribution is 2.28. The summed E-state index contributed by atoms with van der Waals surface area (Å²) in [6.07, 6.45) is 10.3. The van der Waals surface area contributed by atoms with E-state index >= 15 is 0 Å². The van der Waals surface area contributed by atoms with E-state index in [1.165, 1.54) is 44.9 Å². The molecule has 1 aromatic rings. The number of aliphatic hydroxyl groups is 1. The lowest BCUT2D eigenvalue weighted by Crippen LogP contribution is -1.98. The van der Waals surface area contributed by atoms with E-state index in [0.29, 0.717) is 5.56 Å². The first-order valence-electron chi connectivity index (χ1n) is 8.12. The third-order valence-electron chi connectivity index (χ3n) is 3.88. The lowest BCUT2D eigenvalue weighted by molar-refractivity contribution is 0.159. The van der Waals surface area contributed by atoms with Crippen molar-refractivity contribution in [3.05, 3.63) is 29.3 Å². The molecule has 0 bridgehead atoms. The lowest BCUT2D eigenvalue weighted by Gasteiger charge is -2.13. The molecule has 0 spiro atoms. The third kappa shape index (κ3) is 6.42. The fourth-order valence-electron chi connectivity index (χ4n) is 2.56. The van der Waals surface area contributed by atoms with Gasteiger partial charge in [0.05, 0.1) is 6.10 Å². The first kappa shape index (κ1) is 17.0. The van der Waals surface area contributed by atoms with Crippen LogP contribution in [0.5, 0.6) is 5.75 Å². The Hall–Kier alpha value is -1.02. The van der Waals surface area contributed by atoms with Crippen molar-refractivity contribution in [1.29, 1.82) is 0 Å². The molecule has 1 atom stereocenters. The van der Waals surface area contributed by atoms with Gasteiger partial charge in [-0.15, -0.1) is 0 Å². The molecule has 0 aliphatic rings. The molecule has 2 nitrogen and oxygen atoms in total. The molecular weight excluding hydrogens is 248 g/mol. The van der Waals surface area contributed by atoms with Crippen LogP contribution in [-0.2, 0) is 0 Å². The number of aromatic hydroxyl groups is 1. The van der Waals surface area contributed by atoms with E-state index in [1.54, 1.807) is 6.07 Å². The number of aliphatic hydroxyl groups excluding tert-OH is 1. The maximum atomic E-state index is 10.1. The standard InChI is InChI=1S/C18H30O2/c1-3-4-5-6-7-8-9-10-11-17(19)16-13-12-15(2)14-18(16)20/h12-14,17,19-20H,3-11H2,1-2H3/t17-/m1/s1. The van der Waals surface area contributed by atoms with Crippen molar-refractivity contribution in [1.82, 2.24) is 0 Å². The molecule has 0 fully saturated rings. The van der Waals surface area contributed by atoms with Crippen LogP contribution in [0, 0.1) is 6.92 Å². The summed E-state index contributed by atoms with van der Waals surface area (Å²) in [6, 6.07) is 5.48. The van der Waals surface area contributed by atoms with Crippen LogP contribution in [0.25, 0.3) is 0 Å². The molecule has 0 unspecified atom stereocenters. The minimum Gasteiger partial charge on any atom is -0.508 e. The number of hydrogen-bond donors (Lipinski definition) is 2. The van der Waals surface area contributed by atoms with Gasteiger partial charge in [0.25, 0.3) is 0 Å². The van der Waals surface area contributed by atoms with Gasteiger partial charge in [-0.25, -0.2) is 0 Å². The zero-order valence-electron chi connectivity index (χ0n) is 13.1. The number of unbranched alkanes of at least 4 members (excludes halogenated alkanes) is 7. The van der Waals surface area contributed by atoms with Crippen LogP contribution in [0.3, 0.4) is 0 Å². The number of rotatable bonds is 10. The molecule has 0 aromatic heterocycles. The van der Waals surface area contributed by atoms with E-state index in [0.717, 1.165) is 18.4 Å². The highest BCUT2D eigenvalue weighted by atomic mass is 16.3. The molecule has 2 heteroatoms. The van der Waals surface area contributed by atoms with E-state index in [1.807, 2.05) is 19.1 Å². The van der Waals surface area contributed by atoms with Crippen LogP contribution >= 0.6 is 0 Å². The van der Waals surface area contributed by atoms with Gasteiger partial charge in [-0.3, -0.25) is 0 Å². The Labute approximate surface area is 123 Å². The second-order valence-corrected chi connectivity index (χ2v) is 5.84. The maximum absolute atomic E-state index is 10.1. The van der Waals surface area contributed by atoms with Crippen LogP contribution in [-0.4, -0.2) is 10.2 Å². The number of aryl methyl sites for hydroxylation is 1. The van der Waals surface area contributed by atoms with Crippen LogP contribution in [0.1, 0.15) is 81.9 Å². The molecule has 0 aliphatic heterocycles. The fraction of sp³-hybridized carbons (Fsp3) is 0.667. The molecular formula is C18H30O2. The molecule has 1 rings (SSSR count). The zero-order chi connectivity index (χ0) is 14.8. The van der Waals surface area contributed by atoms with Gasteiger partial charge in [0, 0.05) is 5.56 Å². The van der Waals surface area contributed by atoms with E-state index < -0.39 is 6.10 Å². The van der Waals surface area contributed by atoms with Crippen LogP contribution < -0.4 is 0 Å². The van der Waals surface area contributed by atoms with Crippen molar-refractivity contribution >= 4 is 0 Å². The Morgan fingerprint density at radius 3 is 2.15 bits per heavy atom. The summed E-state index contributed by atoms with van der Waals surface area (Å²) in [7, 11) is 0. The zero-order valence-corrected chi connectivity index (χ0v) is 13.1. The Kier molecular flexibility index (Phi) is 8.36. The third-order valence-corrected chi connectivity index (χ3v) is 3.88. The largest absolute Gasteiger partial charge is 0.508 e. The number of hydrogen-bond acceptors (Lipinski definition) is 2. The number of phenolic OH excluding ortho intramolecular Hbond substituents is 1. The smallest absolute Gasteiger partial charge is 0.121 e. The first-order chi connectivity index (χ1) is 9.65. The van der Waals surface area contributed by atoms with Gasteiger partial charge in [0.15, 0.2) is 0 Å². The normalized spacial score (nSPS) is 12.6. The van der Waals surface area contributed by atoms with Gasteiger partial charge in [0.2, 0.25) is 0 Å². The minimum absolute atomic E-state index is 0.220. The fourth-order valence-corrected chi connectivity index (χ4v) is 2.56. The molecule has 2 N–H and O–H groups in total. The predicted octanol–water partition coefficient (Wildman–Crippen LogP) is 5.26. The van der Waals surface area contributed by atoms with Crippen LogP contribution in [0.15, 0.2) is 18.2 Å². The molecule has 0 radical (unpaired) electrons. The molecule has 114 valence electrons. The molecule has 0 heterocycles. The van der Waals surface area contributed by atoms with Crippen LogP contribution in [0.4, 0.5) is 0 Å². The second-order valence-electron chi connectivity index (χ2n) is 5.84. The highest BCUT2D eigenvalue weighted by Gasteiger charge is 2.11. The Balaban J connectivity index is 2.15. The molecule has 0 amide bonds. The number of benzene rings is 1. The predicted molar refractivity (Wildman–Crippen MR) is 85.0 cm³/mol. The second kappa shape index (κ2) is 9.82. The molecule has 0 saturated carbocycles. The quantitative estimate of drug-likeness (QED) is 0.573. The molecule has 0 saturated heterocycles. The lowest BCUT2D eigenvalue weighted by atomic mass is 10.00. The average molecular weight is 278 g/mol. The van der Waals surface area contributed by atoms with Gasteiger partial charge >= 0.3 is 0 Å². The topological polar surface area (TPSA) is 40.5 Å². The van der Waals surface area contributed by atoms with Crippen molar-refractivity contribution in [2.45, 2.75) is 77.7 Å². The maximum Gasteiger partial charge on any atom is 0.121 e. The van der Waals surface area contributed by atoms with Gasteiger partial charge in [0.1, 0.15) is 5.75 Å². The summed E-state index contributed by atoms with van der Waals surface area (Å²) in [5.74, 6) is 0.220. The molecule has 0 aliphatic carbocycles. The van der Waals surface area contributed by atoms with Crippen molar-refractivity contribution in [2.75, 3.05) is 0 Å².